The Balaban J connectivity index is 1.40. The summed E-state index contributed by atoms with van der Waals surface area (Å²) >= 11 is 1.64. The predicted octanol–water partition coefficient (Wildman–Crippen LogP) is 3.58. The summed E-state index contributed by atoms with van der Waals surface area (Å²) in [4.78, 5) is 45.1. The zero-order chi connectivity index (χ0) is 26.9. The first-order valence-electron chi connectivity index (χ1n) is 13.5. The summed E-state index contributed by atoms with van der Waals surface area (Å²) in [6.07, 6.45) is 1.88. The molecule has 3 amide bonds. The summed E-state index contributed by atoms with van der Waals surface area (Å²) in [6.45, 7) is 6.21. The first-order chi connectivity index (χ1) is 18.4. The summed E-state index contributed by atoms with van der Waals surface area (Å²) < 4.78 is -0.652. The van der Waals surface area contributed by atoms with Crippen LogP contribution in [-0.2, 0) is 14.4 Å². The Kier molecular flexibility index (Phi) is 7.68. The summed E-state index contributed by atoms with van der Waals surface area (Å²) in [7, 11) is 0. The van der Waals surface area contributed by atoms with Gasteiger partial charge in [-0.2, -0.15) is 0 Å². The van der Waals surface area contributed by atoms with Crippen LogP contribution in [0.4, 0.5) is 17.1 Å². The molecule has 0 aromatic heterocycles. The van der Waals surface area contributed by atoms with Gasteiger partial charge in [0.25, 0.3) is 0 Å². The van der Waals surface area contributed by atoms with Crippen molar-refractivity contribution < 1.29 is 19.5 Å². The van der Waals surface area contributed by atoms with Gasteiger partial charge in [-0.05, 0) is 69.5 Å². The standard InChI is InChI=1S/C29H36N4O4S/c1-3-32(4-2)21-13-11-20(12-14-21)31-27(36)25-29-16-15-22(38-29)23(24(29)28(37)33(25)17-8-18-34)26(35)30-19-9-6-5-7-10-19/h5-7,9-14,22-25,34H,3-4,8,15-18H2,1-2H3,(H,30,35)(H,31,36)/t22-,23+,24-,25?,29?/m0/s1. The SMILES string of the molecule is CCN(CC)c1ccc(NC(=O)C2N(CCCO)C(=O)[C@@H]3[C@H](C(=O)Nc4ccccc4)[C@@H]4CCC23S4)cc1. The minimum atomic E-state index is -0.696. The van der Waals surface area contributed by atoms with Gasteiger partial charge in [0.2, 0.25) is 17.7 Å². The zero-order valence-corrected chi connectivity index (χ0v) is 22.7. The van der Waals surface area contributed by atoms with E-state index >= 15 is 0 Å². The molecule has 3 fully saturated rings. The second kappa shape index (κ2) is 11.0. The van der Waals surface area contributed by atoms with Gasteiger partial charge in [-0.1, -0.05) is 18.2 Å². The van der Waals surface area contributed by atoms with Crippen molar-refractivity contribution in [1.82, 2.24) is 4.90 Å². The van der Waals surface area contributed by atoms with Crippen molar-refractivity contribution in [3.8, 4) is 0 Å². The number of aliphatic hydroxyl groups is 1. The van der Waals surface area contributed by atoms with Crippen LogP contribution in [0, 0.1) is 11.8 Å². The third-order valence-electron chi connectivity index (χ3n) is 8.21. The first kappa shape index (κ1) is 26.6. The number of amides is 3. The molecule has 0 saturated carbocycles. The molecular formula is C29H36N4O4S. The normalized spacial score (nSPS) is 27.3. The number of anilines is 3. The number of likely N-dealkylation sites (tertiary alicyclic amines) is 1. The Morgan fingerprint density at radius 2 is 1.68 bits per heavy atom. The van der Waals surface area contributed by atoms with E-state index in [0.29, 0.717) is 24.2 Å². The van der Waals surface area contributed by atoms with Gasteiger partial charge in [0.05, 0.1) is 16.6 Å². The van der Waals surface area contributed by atoms with Crippen LogP contribution in [0.15, 0.2) is 54.6 Å². The van der Waals surface area contributed by atoms with Crippen molar-refractivity contribution >= 4 is 46.5 Å². The lowest BCUT2D eigenvalue weighted by Gasteiger charge is -2.34. The highest BCUT2D eigenvalue weighted by Gasteiger charge is 2.73. The fourth-order valence-electron chi connectivity index (χ4n) is 6.54. The molecule has 3 aliphatic rings. The maximum Gasteiger partial charge on any atom is 0.248 e. The summed E-state index contributed by atoms with van der Waals surface area (Å²) in [5.74, 6) is -1.60. The van der Waals surface area contributed by atoms with E-state index in [2.05, 4.69) is 29.4 Å². The molecule has 3 aliphatic heterocycles. The van der Waals surface area contributed by atoms with E-state index in [1.165, 1.54) is 0 Å². The van der Waals surface area contributed by atoms with Crippen LogP contribution in [0.5, 0.6) is 0 Å². The number of carbonyl (C=O) groups is 3. The molecule has 3 heterocycles. The largest absolute Gasteiger partial charge is 0.396 e. The Bertz CT molecular complexity index is 1170. The van der Waals surface area contributed by atoms with Gasteiger partial charge in [-0.15, -0.1) is 11.8 Å². The van der Waals surface area contributed by atoms with Crippen LogP contribution in [0.3, 0.4) is 0 Å². The highest BCUT2D eigenvalue weighted by Crippen LogP contribution is 2.66. The maximum atomic E-state index is 13.9. The molecule has 5 rings (SSSR count). The van der Waals surface area contributed by atoms with Gasteiger partial charge in [0, 0.05) is 48.6 Å². The highest BCUT2D eigenvalue weighted by atomic mass is 32.2. The van der Waals surface area contributed by atoms with Crippen LogP contribution in [0.1, 0.15) is 33.1 Å². The molecule has 2 aromatic rings. The summed E-state index contributed by atoms with van der Waals surface area (Å²) in [5.41, 5.74) is 2.46. The third-order valence-corrected chi connectivity index (χ3v) is 10.2. The Morgan fingerprint density at radius 3 is 2.34 bits per heavy atom. The molecular weight excluding hydrogens is 500 g/mol. The van der Waals surface area contributed by atoms with Gasteiger partial charge in [-0.25, -0.2) is 0 Å². The van der Waals surface area contributed by atoms with Crippen molar-refractivity contribution in [3.63, 3.8) is 0 Å². The quantitative estimate of drug-likeness (QED) is 0.429. The van der Waals surface area contributed by atoms with Gasteiger partial charge >= 0.3 is 0 Å². The lowest BCUT2D eigenvalue weighted by Crippen LogP contribution is -2.51. The molecule has 3 N–H and O–H groups in total. The number of aliphatic hydroxyl groups excluding tert-OH is 1. The number of nitrogens with one attached hydrogen (secondary N) is 2. The second-order valence-electron chi connectivity index (χ2n) is 10.2. The lowest BCUT2D eigenvalue weighted by molar-refractivity contribution is -0.138. The van der Waals surface area contributed by atoms with Crippen LogP contribution < -0.4 is 15.5 Å². The molecule has 2 bridgehead atoms. The number of carbonyl (C=O) groups excluding carboxylic acids is 3. The number of nitrogens with zero attached hydrogens (tertiary/aromatic N) is 2. The minimum absolute atomic E-state index is 0.00342. The fraction of sp³-hybridized carbons (Fsp3) is 0.483. The molecule has 0 radical (unpaired) electrons. The lowest BCUT2D eigenvalue weighted by atomic mass is 9.70. The van der Waals surface area contributed by atoms with Crippen molar-refractivity contribution in [2.75, 3.05) is 41.8 Å². The highest BCUT2D eigenvalue weighted by molar-refractivity contribution is 8.02. The molecule has 2 unspecified atom stereocenters. The molecule has 38 heavy (non-hydrogen) atoms. The molecule has 2 aromatic carbocycles. The second-order valence-corrected chi connectivity index (χ2v) is 11.8. The molecule has 8 nitrogen and oxygen atoms in total. The third kappa shape index (κ3) is 4.56. The number of benzene rings is 2. The van der Waals surface area contributed by atoms with E-state index in [4.69, 9.17) is 0 Å². The number of para-hydroxylation sites is 1. The summed E-state index contributed by atoms with van der Waals surface area (Å²) in [5, 5.41) is 15.6. The van der Waals surface area contributed by atoms with Gasteiger partial charge < -0.3 is 25.5 Å². The van der Waals surface area contributed by atoms with Crippen molar-refractivity contribution in [2.45, 2.75) is 49.1 Å². The smallest absolute Gasteiger partial charge is 0.248 e. The Labute approximate surface area is 228 Å². The van der Waals surface area contributed by atoms with E-state index in [1.54, 1.807) is 16.7 Å². The van der Waals surface area contributed by atoms with Crippen molar-refractivity contribution in [1.29, 1.82) is 0 Å². The molecule has 3 saturated heterocycles. The van der Waals surface area contributed by atoms with Crippen LogP contribution in [0.2, 0.25) is 0 Å². The van der Waals surface area contributed by atoms with E-state index in [-0.39, 0.29) is 36.1 Å². The van der Waals surface area contributed by atoms with Crippen LogP contribution in [-0.4, -0.2) is 70.0 Å². The number of rotatable bonds is 10. The average molecular weight is 537 g/mol. The topological polar surface area (TPSA) is 102 Å². The number of thioether (sulfide) groups is 1. The first-order valence-corrected chi connectivity index (χ1v) is 14.4. The van der Waals surface area contributed by atoms with E-state index in [9.17, 15) is 19.5 Å². The number of hydrogen-bond acceptors (Lipinski definition) is 6. The van der Waals surface area contributed by atoms with Crippen molar-refractivity contribution in [3.05, 3.63) is 54.6 Å². The number of hydrogen-bond donors (Lipinski definition) is 3. The zero-order valence-electron chi connectivity index (χ0n) is 21.9. The number of fused-ring (bicyclic) bond motifs is 1. The molecule has 202 valence electrons. The van der Waals surface area contributed by atoms with Gasteiger partial charge in [0.15, 0.2) is 0 Å². The molecule has 5 atom stereocenters. The van der Waals surface area contributed by atoms with Crippen molar-refractivity contribution in [2.24, 2.45) is 11.8 Å². The molecule has 0 aliphatic carbocycles. The van der Waals surface area contributed by atoms with Gasteiger partial charge in [0.1, 0.15) is 6.04 Å². The Hall–Kier alpha value is -3.04. The average Bonchev–Trinajstić information content (AvgIpc) is 3.57. The summed E-state index contributed by atoms with van der Waals surface area (Å²) in [6, 6.07) is 16.4. The van der Waals surface area contributed by atoms with Crippen LogP contribution >= 0.6 is 11.8 Å². The predicted molar refractivity (Wildman–Crippen MR) is 151 cm³/mol. The van der Waals surface area contributed by atoms with Crippen LogP contribution in [0.25, 0.3) is 0 Å². The maximum absolute atomic E-state index is 13.9. The minimum Gasteiger partial charge on any atom is -0.396 e. The monoisotopic (exact) mass is 536 g/mol. The van der Waals surface area contributed by atoms with Gasteiger partial charge in [-0.3, -0.25) is 14.4 Å². The Morgan fingerprint density at radius 1 is 1.03 bits per heavy atom. The van der Waals surface area contributed by atoms with E-state index < -0.39 is 22.6 Å². The van der Waals surface area contributed by atoms with E-state index in [1.807, 2.05) is 54.6 Å². The fourth-order valence-corrected chi connectivity index (χ4v) is 8.76. The van der Waals surface area contributed by atoms with E-state index in [0.717, 1.165) is 25.2 Å². The molecule has 9 heteroatoms. The molecule has 1 spiro atoms.